The van der Waals surface area contributed by atoms with Crippen LogP contribution >= 0.6 is 11.5 Å². The summed E-state index contributed by atoms with van der Waals surface area (Å²) in [4.78, 5) is 15.1. The minimum Gasteiger partial charge on any atom is -0.383 e. The molecule has 0 atom stereocenters. The Morgan fingerprint density at radius 3 is 3.00 bits per heavy atom. The van der Waals surface area contributed by atoms with Crippen molar-refractivity contribution in [2.75, 3.05) is 25.6 Å². The van der Waals surface area contributed by atoms with Gasteiger partial charge in [0.2, 0.25) is 5.13 Å². The normalized spacial score (nSPS) is 9.86. The lowest BCUT2D eigenvalue weighted by Crippen LogP contribution is -2.31. The highest BCUT2D eigenvalue weighted by atomic mass is 32.1. The summed E-state index contributed by atoms with van der Waals surface area (Å²) in [5.74, 6) is 0.655. The summed E-state index contributed by atoms with van der Waals surface area (Å²) in [6, 6.07) is -0.293. The first kappa shape index (κ1) is 10.9. The molecular weight excluding hydrogens is 204 g/mol. The summed E-state index contributed by atoms with van der Waals surface area (Å²) in [6.07, 6.45) is 0. The van der Waals surface area contributed by atoms with Crippen LogP contribution in [0.2, 0.25) is 0 Å². The molecule has 7 heteroatoms. The Hall–Kier alpha value is -1.21. The van der Waals surface area contributed by atoms with Gasteiger partial charge in [-0.05, 0) is 6.92 Å². The Morgan fingerprint density at radius 1 is 1.64 bits per heavy atom. The highest BCUT2D eigenvalue weighted by molar-refractivity contribution is 7.09. The van der Waals surface area contributed by atoms with Crippen molar-refractivity contribution in [3.8, 4) is 0 Å². The predicted octanol–water partition coefficient (Wildman–Crippen LogP) is 0.614. The van der Waals surface area contributed by atoms with Crippen molar-refractivity contribution in [2.45, 2.75) is 6.92 Å². The third kappa shape index (κ3) is 3.67. The second-order valence-corrected chi connectivity index (χ2v) is 3.27. The lowest BCUT2D eigenvalue weighted by Gasteiger charge is -2.03. The molecule has 0 aliphatic carbocycles. The molecule has 0 saturated heterocycles. The Morgan fingerprint density at radius 2 is 2.43 bits per heavy atom. The molecular formula is C7H12N4O2S. The zero-order valence-corrected chi connectivity index (χ0v) is 8.85. The summed E-state index contributed by atoms with van der Waals surface area (Å²) >= 11 is 1.15. The molecule has 1 heterocycles. The maximum atomic E-state index is 11.2. The van der Waals surface area contributed by atoms with Crippen LogP contribution in [0.3, 0.4) is 0 Å². The smallest absolute Gasteiger partial charge is 0.321 e. The second-order valence-electron chi connectivity index (χ2n) is 2.52. The van der Waals surface area contributed by atoms with E-state index in [9.17, 15) is 4.79 Å². The molecule has 2 N–H and O–H groups in total. The summed E-state index contributed by atoms with van der Waals surface area (Å²) in [7, 11) is 1.58. The van der Waals surface area contributed by atoms with Gasteiger partial charge in [0.05, 0.1) is 6.61 Å². The second kappa shape index (κ2) is 5.51. The maximum absolute atomic E-state index is 11.2. The SMILES string of the molecule is COCCNC(=O)Nc1nc(C)ns1. The largest absolute Gasteiger partial charge is 0.383 e. The molecule has 0 aliphatic rings. The molecule has 6 nitrogen and oxygen atoms in total. The molecule has 14 heavy (non-hydrogen) atoms. The number of aryl methyl sites for hydroxylation is 1. The van der Waals surface area contributed by atoms with Gasteiger partial charge in [-0.25, -0.2) is 9.78 Å². The quantitative estimate of drug-likeness (QED) is 0.723. The number of nitrogens with one attached hydrogen (secondary N) is 2. The van der Waals surface area contributed by atoms with Gasteiger partial charge >= 0.3 is 6.03 Å². The van der Waals surface area contributed by atoms with E-state index >= 15 is 0 Å². The summed E-state index contributed by atoms with van der Waals surface area (Å²) in [5.41, 5.74) is 0. The van der Waals surface area contributed by atoms with Gasteiger partial charge in [0.25, 0.3) is 0 Å². The molecule has 0 bridgehead atoms. The Labute approximate surface area is 85.9 Å². The molecule has 78 valence electrons. The number of nitrogens with zero attached hydrogens (tertiary/aromatic N) is 2. The van der Waals surface area contributed by atoms with E-state index in [0.29, 0.717) is 24.1 Å². The molecule has 0 aromatic carbocycles. The molecule has 0 aliphatic heterocycles. The van der Waals surface area contributed by atoms with Crippen molar-refractivity contribution in [1.82, 2.24) is 14.7 Å². The molecule has 0 saturated carbocycles. The first-order valence-electron chi connectivity index (χ1n) is 4.06. The van der Waals surface area contributed by atoms with Gasteiger partial charge in [0.1, 0.15) is 5.82 Å². The van der Waals surface area contributed by atoms with Gasteiger partial charge in [-0.1, -0.05) is 0 Å². The topological polar surface area (TPSA) is 76.1 Å². The summed E-state index contributed by atoms with van der Waals surface area (Å²) in [6.45, 7) is 2.73. The van der Waals surface area contributed by atoms with Gasteiger partial charge < -0.3 is 10.1 Å². The highest BCUT2D eigenvalue weighted by Crippen LogP contribution is 2.09. The van der Waals surface area contributed by atoms with Crippen LogP contribution < -0.4 is 10.6 Å². The number of ether oxygens (including phenoxy) is 1. The Balaban J connectivity index is 2.27. The third-order valence-corrected chi connectivity index (χ3v) is 2.06. The van der Waals surface area contributed by atoms with Crippen LogP contribution in [0.5, 0.6) is 0 Å². The number of carbonyl (C=O) groups excluding carboxylic acids is 1. The van der Waals surface area contributed by atoms with E-state index in [1.54, 1.807) is 14.0 Å². The third-order valence-electron chi connectivity index (χ3n) is 1.34. The Kier molecular flexibility index (Phi) is 4.27. The van der Waals surface area contributed by atoms with E-state index in [1.807, 2.05) is 0 Å². The monoisotopic (exact) mass is 216 g/mol. The number of hydrogen-bond acceptors (Lipinski definition) is 5. The van der Waals surface area contributed by atoms with Crippen LogP contribution in [0.4, 0.5) is 9.93 Å². The van der Waals surface area contributed by atoms with E-state index < -0.39 is 0 Å². The fraction of sp³-hybridized carbons (Fsp3) is 0.571. The predicted molar refractivity (Wildman–Crippen MR) is 53.5 cm³/mol. The number of hydrogen-bond donors (Lipinski definition) is 2. The van der Waals surface area contributed by atoms with E-state index in [2.05, 4.69) is 20.0 Å². The lowest BCUT2D eigenvalue weighted by atomic mass is 10.7. The van der Waals surface area contributed by atoms with Crippen LogP contribution in [0, 0.1) is 6.92 Å². The van der Waals surface area contributed by atoms with E-state index in [-0.39, 0.29) is 6.03 Å². The van der Waals surface area contributed by atoms with Crippen LogP contribution in [0.15, 0.2) is 0 Å². The van der Waals surface area contributed by atoms with Crippen LogP contribution in [0.1, 0.15) is 5.82 Å². The van der Waals surface area contributed by atoms with Crippen molar-refractivity contribution >= 4 is 22.7 Å². The number of rotatable bonds is 4. The van der Waals surface area contributed by atoms with Gasteiger partial charge in [-0.2, -0.15) is 4.37 Å². The number of anilines is 1. The van der Waals surface area contributed by atoms with Gasteiger partial charge in [0.15, 0.2) is 0 Å². The lowest BCUT2D eigenvalue weighted by molar-refractivity contribution is 0.198. The van der Waals surface area contributed by atoms with Crippen molar-refractivity contribution in [3.05, 3.63) is 5.82 Å². The molecule has 0 radical (unpaired) electrons. The molecule has 0 unspecified atom stereocenters. The maximum Gasteiger partial charge on any atom is 0.321 e. The Bertz CT molecular complexity index is 302. The van der Waals surface area contributed by atoms with Gasteiger partial charge in [0, 0.05) is 25.2 Å². The number of urea groups is 1. The van der Waals surface area contributed by atoms with Crippen LogP contribution in [-0.2, 0) is 4.74 Å². The fourth-order valence-corrected chi connectivity index (χ4v) is 1.33. The number of carbonyl (C=O) groups is 1. The molecule has 2 amide bonds. The minimum atomic E-state index is -0.293. The molecule has 1 aromatic rings. The van der Waals surface area contributed by atoms with Crippen molar-refractivity contribution < 1.29 is 9.53 Å². The number of aromatic nitrogens is 2. The van der Waals surface area contributed by atoms with Gasteiger partial charge in [-0.3, -0.25) is 5.32 Å². The fourth-order valence-electron chi connectivity index (χ4n) is 0.756. The number of amides is 2. The molecule has 0 fully saturated rings. The van der Waals surface area contributed by atoms with Crippen LogP contribution in [-0.4, -0.2) is 35.7 Å². The number of methoxy groups -OCH3 is 1. The van der Waals surface area contributed by atoms with E-state index in [0.717, 1.165) is 11.5 Å². The molecule has 0 spiro atoms. The van der Waals surface area contributed by atoms with Crippen molar-refractivity contribution in [3.63, 3.8) is 0 Å². The minimum absolute atomic E-state index is 0.293. The van der Waals surface area contributed by atoms with Gasteiger partial charge in [-0.15, -0.1) is 0 Å². The summed E-state index contributed by atoms with van der Waals surface area (Å²) < 4.78 is 8.71. The zero-order chi connectivity index (χ0) is 10.4. The first-order valence-corrected chi connectivity index (χ1v) is 4.84. The average molecular weight is 216 g/mol. The van der Waals surface area contributed by atoms with Crippen molar-refractivity contribution in [2.24, 2.45) is 0 Å². The highest BCUT2D eigenvalue weighted by Gasteiger charge is 2.04. The average Bonchev–Trinajstić information content (AvgIpc) is 2.52. The van der Waals surface area contributed by atoms with Crippen LogP contribution in [0.25, 0.3) is 0 Å². The van der Waals surface area contributed by atoms with E-state index in [4.69, 9.17) is 4.74 Å². The van der Waals surface area contributed by atoms with Crippen molar-refractivity contribution in [1.29, 1.82) is 0 Å². The first-order chi connectivity index (χ1) is 6.72. The molecule has 1 rings (SSSR count). The molecule has 1 aromatic heterocycles. The standard InChI is InChI=1S/C7H12N4O2S/c1-5-9-7(14-11-5)10-6(12)8-3-4-13-2/h3-4H2,1-2H3,(H2,8,9,10,11,12). The summed E-state index contributed by atoms with van der Waals surface area (Å²) in [5, 5.41) is 5.66. The van der Waals surface area contributed by atoms with E-state index in [1.165, 1.54) is 0 Å². The zero-order valence-electron chi connectivity index (χ0n) is 8.03.